The number of aromatic nitrogens is 1. The second kappa shape index (κ2) is 5.94. The minimum atomic E-state index is 0.224. The van der Waals surface area contributed by atoms with E-state index >= 15 is 0 Å². The van der Waals surface area contributed by atoms with Crippen LogP contribution in [0.25, 0.3) is 10.2 Å². The number of hydrogen-bond donors (Lipinski definition) is 1. The van der Waals surface area contributed by atoms with Gasteiger partial charge < -0.3 is 5.32 Å². The van der Waals surface area contributed by atoms with Crippen LogP contribution in [-0.4, -0.2) is 11.0 Å². The number of nitriles is 1. The summed E-state index contributed by atoms with van der Waals surface area (Å²) in [5.74, 6) is 0. The van der Waals surface area contributed by atoms with Crippen LogP contribution in [0.15, 0.2) is 23.7 Å². The number of nitrogens with one attached hydrogen (secondary N) is 1. The van der Waals surface area contributed by atoms with E-state index in [-0.39, 0.29) is 12.1 Å². The van der Waals surface area contributed by atoms with Gasteiger partial charge in [-0.1, -0.05) is 6.92 Å². The van der Waals surface area contributed by atoms with Crippen LogP contribution in [0, 0.1) is 11.3 Å². The molecule has 2 unspecified atom stereocenters. The molecule has 18 heavy (non-hydrogen) atoms. The summed E-state index contributed by atoms with van der Waals surface area (Å²) in [5.41, 5.74) is 2.24. The Morgan fingerprint density at radius 3 is 3.11 bits per heavy atom. The van der Waals surface area contributed by atoms with E-state index in [1.807, 2.05) is 12.3 Å². The summed E-state index contributed by atoms with van der Waals surface area (Å²) in [6, 6.07) is 6.92. The number of hydrogen-bond acceptors (Lipinski definition) is 4. The Kier molecular flexibility index (Phi) is 4.29. The smallest absolute Gasteiger partial charge is 0.0809 e. The van der Waals surface area contributed by atoms with Gasteiger partial charge in [0.15, 0.2) is 0 Å². The maximum Gasteiger partial charge on any atom is 0.0809 e. The molecule has 2 heterocycles. The Bertz CT molecular complexity index is 555. The van der Waals surface area contributed by atoms with Crippen molar-refractivity contribution in [2.24, 2.45) is 0 Å². The molecule has 0 saturated carbocycles. The first-order valence-electron chi connectivity index (χ1n) is 6.20. The molecule has 2 aromatic heterocycles. The first kappa shape index (κ1) is 13.0. The lowest BCUT2D eigenvalue weighted by Crippen LogP contribution is -2.30. The van der Waals surface area contributed by atoms with Gasteiger partial charge in [0.25, 0.3) is 0 Å². The van der Waals surface area contributed by atoms with Crippen LogP contribution in [0.1, 0.15) is 38.3 Å². The largest absolute Gasteiger partial charge is 0.306 e. The summed E-state index contributed by atoms with van der Waals surface area (Å²) in [4.78, 5) is 4.45. The molecule has 0 fully saturated rings. The number of rotatable bonds is 5. The summed E-state index contributed by atoms with van der Waals surface area (Å²) >= 11 is 1.71. The van der Waals surface area contributed by atoms with Gasteiger partial charge in [0, 0.05) is 18.3 Å². The van der Waals surface area contributed by atoms with Gasteiger partial charge in [0.05, 0.1) is 22.7 Å². The van der Waals surface area contributed by atoms with Gasteiger partial charge in [-0.2, -0.15) is 5.26 Å². The molecule has 0 aliphatic carbocycles. The minimum absolute atomic E-state index is 0.224. The number of pyridine rings is 1. The lowest BCUT2D eigenvalue weighted by atomic mass is 10.1. The average molecular weight is 259 g/mol. The predicted molar refractivity (Wildman–Crippen MR) is 75.5 cm³/mol. The highest BCUT2D eigenvalue weighted by atomic mass is 32.1. The van der Waals surface area contributed by atoms with Crippen LogP contribution in [0.4, 0.5) is 0 Å². The van der Waals surface area contributed by atoms with E-state index < -0.39 is 0 Å². The van der Waals surface area contributed by atoms with Gasteiger partial charge in [0.1, 0.15) is 0 Å². The maximum atomic E-state index is 8.76. The lowest BCUT2D eigenvalue weighted by molar-refractivity contribution is 0.447. The number of fused-ring (bicyclic) bond motifs is 1. The van der Waals surface area contributed by atoms with E-state index in [0.717, 1.165) is 11.9 Å². The van der Waals surface area contributed by atoms with E-state index in [1.54, 1.807) is 11.3 Å². The Morgan fingerprint density at radius 1 is 1.56 bits per heavy atom. The Hall–Kier alpha value is -1.44. The van der Waals surface area contributed by atoms with Gasteiger partial charge in [0.2, 0.25) is 0 Å². The Balaban J connectivity index is 2.12. The molecule has 0 amide bonds. The van der Waals surface area contributed by atoms with E-state index in [2.05, 4.69) is 41.7 Å². The molecule has 2 atom stereocenters. The van der Waals surface area contributed by atoms with Crippen LogP contribution >= 0.6 is 11.3 Å². The quantitative estimate of drug-likeness (QED) is 0.891. The molecule has 0 radical (unpaired) electrons. The van der Waals surface area contributed by atoms with Crippen molar-refractivity contribution in [3.63, 3.8) is 0 Å². The van der Waals surface area contributed by atoms with Crippen molar-refractivity contribution in [3.05, 3.63) is 29.3 Å². The third-order valence-corrected chi connectivity index (χ3v) is 3.99. The van der Waals surface area contributed by atoms with E-state index in [9.17, 15) is 0 Å². The minimum Gasteiger partial charge on any atom is -0.306 e. The van der Waals surface area contributed by atoms with Crippen LogP contribution in [0.5, 0.6) is 0 Å². The molecule has 0 saturated heterocycles. The number of nitrogens with zero attached hydrogens (tertiary/aromatic N) is 2. The zero-order valence-electron chi connectivity index (χ0n) is 10.7. The van der Waals surface area contributed by atoms with Gasteiger partial charge in [-0.25, -0.2) is 0 Å². The second-order valence-corrected chi connectivity index (χ2v) is 5.38. The van der Waals surface area contributed by atoms with Crippen molar-refractivity contribution in [3.8, 4) is 6.07 Å². The highest BCUT2D eigenvalue weighted by Crippen LogP contribution is 2.23. The summed E-state index contributed by atoms with van der Waals surface area (Å²) < 4.78 is 1.22. The van der Waals surface area contributed by atoms with Crippen molar-refractivity contribution < 1.29 is 0 Å². The normalized spacial score (nSPS) is 14.3. The monoisotopic (exact) mass is 259 g/mol. The molecule has 2 aromatic rings. The molecular weight excluding hydrogens is 242 g/mol. The summed E-state index contributed by atoms with van der Waals surface area (Å²) in [6.07, 6.45) is 3.44. The third-order valence-electron chi connectivity index (χ3n) is 3.14. The molecule has 1 N–H and O–H groups in total. The van der Waals surface area contributed by atoms with Crippen molar-refractivity contribution in [2.45, 2.75) is 38.8 Å². The van der Waals surface area contributed by atoms with Gasteiger partial charge in [-0.05, 0) is 36.4 Å². The topological polar surface area (TPSA) is 48.7 Å². The molecule has 0 bridgehead atoms. The SMILES string of the molecule is CCC(CC#N)NC(C)c1cnc2ccsc2c1. The molecule has 0 aliphatic heterocycles. The van der Waals surface area contributed by atoms with Gasteiger partial charge in [-0.15, -0.1) is 11.3 Å². The fourth-order valence-corrected chi connectivity index (χ4v) is 2.77. The van der Waals surface area contributed by atoms with Crippen molar-refractivity contribution in [1.29, 1.82) is 5.26 Å². The highest BCUT2D eigenvalue weighted by Gasteiger charge is 2.12. The summed E-state index contributed by atoms with van der Waals surface area (Å²) in [6.45, 7) is 4.22. The predicted octanol–water partition coefficient (Wildman–Crippen LogP) is 3.64. The van der Waals surface area contributed by atoms with E-state index in [4.69, 9.17) is 5.26 Å². The Morgan fingerprint density at radius 2 is 2.39 bits per heavy atom. The molecule has 0 spiro atoms. The van der Waals surface area contributed by atoms with Crippen molar-refractivity contribution in [1.82, 2.24) is 10.3 Å². The lowest BCUT2D eigenvalue weighted by Gasteiger charge is -2.20. The maximum absolute atomic E-state index is 8.76. The molecule has 3 nitrogen and oxygen atoms in total. The molecular formula is C14H17N3S. The fourth-order valence-electron chi connectivity index (χ4n) is 1.98. The van der Waals surface area contributed by atoms with Crippen LogP contribution in [0.3, 0.4) is 0 Å². The summed E-state index contributed by atoms with van der Waals surface area (Å²) in [7, 11) is 0. The van der Waals surface area contributed by atoms with Crippen molar-refractivity contribution >= 4 is 21.6 Å². The van der Waals surface area contributed by atoms with Gasteiger partial charge in [-0.3, -0.25) is 4.98 Å². The third kappa shape index (κ3) is 2.87. The van der Waals surface area contributed by atoms with Crippen LogP contribution in [-0.2, 0) is 0 Å². The second-order valence-electron chi connectivity index (χ2n) is 4.43. The average Bonchev–Trinajstić information content (AvgIpc) is 2.85. The standard InChI is InChI=1S/C14H17N3S/c1-3-12(4-6-15)17-10(2)11-8-14-13(16-9-11)5-7-18-14/h5,7-10,12,17H,3-4H2,1-2H3. The van der Waals surface area contributed by atoms with E-state index in [1.165, 1.54) is 10.3 Å². The van der Waals surface area contributed by atoms with Crippen LogP contribution < -0.4 is 5.32 Å². The zero-order valence-corrected chi connectivity index (χ0v) is 11.5. The Labute approximate surface area is 111 Å². The van der Waals surface area contributed by atoms with E-state index in [0.29, 0.717) is 6.42 Å². The van der Waals surface area contributed by atoms with Crippen molar-refractivity contribution in [2.75, 3.05) is 0 Å². The molecule has 4 heteroatoms. The van der Waals surface area contributed by atoms with Gasteiger partial charge >= 0.3 is 0 Å². The molecule has 0 aliphatic rings. The first-order chi connectivity index (χ1) is 8.74. The first-order valence-corrected chi connectivity index (χ1v) is 7.08. The highest BCUT2D eigenvalue weighted by molar-refractivity contribution is 7.17. The van der Waals surface area contributed by atoms with Crippen LogP contribution in [0.2, 0.25) is 0 Å². The molecule has 0 aromatic carbocycles. The molecule has 2 rings (SSSR count). The summed E-state index contributed by atoms with van der Waals surface area (Å²) in [5, 5.41) is 14.3. The molecule has 94 valence electrons. The zero-order chi connectivity index (χ0) is 13.0. The number of thiophene rings is 1. The fraction of sp³-hybridized carbons (Fsp3) is 0.429.